The highest BCUT2D eigenvalue weighted by molar-refractivity contribution is 9.10. The molecule has 2 rings (SSSR count). The lowest BCUT2D eigenvalue weighted by Crippen LogP contribution is -2.34. The number of thiazole rings is 1. The van der Waals surface area contributed by atoms with Crippen LogP contribution >= 0.6 is 39.7 Å². The summed E-state index contributed by atoms with van der Waals surface area (Å²) >= 11 is 4.81. The normalized spacial score (nSPS) is 11.6. The molecule has 1 heterocycles. The van der Waals surface area contributed by atoms with Crippen LogP contribution in [0.5, 0.6) is 0 Å². The molecule has 0 fully saturated rings. The number of hydrogen-bond donors (Lipinski definition) is 2. The van der Waals surface area contributed by atoms with Gasteiger partial charge < -0.3 is 11.1 Å². The van der Waals surface area contributed by atoms with Gasteiger partial charge in [0.25, 0.3) is 5.91 Å². The zero-order valence-corrected chi connectivity index (χ0v) is 14.7. The van der Waals surface area contributed by atoms with Crippen LogP contribution in [0.15, 0.2) is 34.1 Å². The number of nitrogens with zero attached hydrogens (tertiary/aromatic N) is 1. The summed E-state index contributed by atoms with van der Waals surface area (Å²) in [5, 5.41) is 5.46. The predicted molar refractivity (Wildman–Crippen MR) is 92.0 cm³/mol. The number of nitrogens with two attached hydrogens (primary N) is 1. The van der Waals surface area contributed by atoms with E-state index in [1.807, 2.05) is 31.2 Å². The first-order valence-electron chi connectivity index (χ1n) is 6.28. The van der Waals surface area contributed by atoms with E-state index in [0.717, 1.165) is 15.9 Å². The fourth-order valence-electron chi connectivity index (χ4n) is 1.83. The Hall–Kier alpha value is -0.950. The Morgan fingerprint density at radius 3 is 2.67 bits per heavy atom. The second-order valence-electron chi connectivity index (χ2n) is 4.54. The van der Waals surface area contributed by atoms with Crippen molar-refractivity contribution < 1.29 is 4.79 Å². The van der Waals surface area contributed by atoms with Gasteiger partial charge in [-0.25, -0.2) is 4.98 Å². The number of aromatic nitrogens is 1. The molecule has 1 amide bonds. The van der Waals surface area contributed by atoms with Gasteiger partial charge >= 0.3 is 0 Å². The number of carbonyl (C=O) groups is 1. The Kier molecular flexibility index (Phi) is 7.31. The van der Waals surface area contributed by atoms with E-state index in [2.05, 4.69) is 26.2 Å². The predicted octanol–water partition coefficient (Wildman–Crippen LogP) is 3.15. The molecule has 1 aromatic carbocycles. The minimum Gasteiger partial charge on any atom is -0.348 e. The smallest absolute Gasteiger partial charge is 0.270 e. The molecule has 0 saturated heterocycles. The quantitative estimate of drug-likeness (QED) is 0.824. The molecule has 0 bridgehead atoms. The van der Waals surface area contributed by atoms with Gasteiger partial charge in [0.1, 0.15) is 10.7 Å². The van der Waals surface area contributed by atoms with Crippen molar-refractivity contribution in [1.82, 2.24) is 10.3 Å². The Labute approximate surface area is 142 Å². The molecule has 0 aliphatic rings. The lowest BCUT2D eigenvalue weighted by Gasteiger charge is -2.13. The highest BCUT2D eigenvalue weighted by atomic mass is 79.9. The van der Waals surface area contributed by atoms with E-state index in [4.69, 9.17) is 5.73 Å². The Bertz CT molecular complexity index is 588. The van der Waals surface area contributed by atoms with Crippen molar-refractivity contribution in [2.75, 3.05) is 0 Å². The molecule has 21 heavy (non-hydrogen) atoms. The van der Waals surface area contributed by atoms with Crippen LogP contribution in [-0.2, 0) is 13.0 Å². The number of halogens is 2. The number of amides is 1. The maximum Gasteiger partial charge on any atom is 0.270 e. The number of carbonyl (C=O) groups excluding carboxylic acids is 1. The molecule has 4 nitrogen and oxygen atoms in total. The maximum absolute atomic E-state index is 12.0. The molecule has 7 heteroatoms. The summed E-state index contributed by atoms with van der Waals surface area (Å²) in [6.45, 7) is 2.35. The monoisotopic (exact) mass is 389 g/mol. The fourth-order valence-corrected chi connectivity index (χ4v) is 2.75. The van der Waals surface area contributed by atoms with E-state index in [1.165, 1.54) is 16.9 Å². The molecule has 114 valence electrons. The molecule has 0 aliphatic heterocycles. The molecule has 1 atom stereocenters. The molecule has 0 saturated carbocycles. The summed E-state index contributed by atoms with van der Waals surface area (Å²) < 4.78 is 1.05. The largest absolute Gasteiger partial charge is 0.348 e. The first-order valence-corrected chi connectivity index (χ1v) is 7.95. The lowest BCUT2D eigenvalue weighted by molar-refractivity contribution is 0.0935. The molecule has 0 aliphatic carbocycles. The van der Waals surface area contributed by atoms with Gasteiger partial charge in [0.05, 0.1) is 0 Å². The number of nitrogens with one attached hydrogen (secondary N) is 1. The van der Waals surface area contributed by atoms with Crippen LogP contribution in [0.25, 0.3) is 0 Å². The topological polar surface area (TPSA) is 68.0 Å². The van der Waals surface area contributed by atoms with E-state index in [1.54, 1.807) is 5.38 Å². The zero-order chi connectivity index (χ0) is 14.5. The van der Waals surface area contributed by atoms with Crippen LogP contribution in [0.3, 0.4) is 0 Å². The van der Waals surface area contributed by atoms with Gasteiger partial charge in [0, 0.05) is 22.4 Å². The van der Waals surface area contributed by atoms with Gasteiger partial charge in [-0.15, -0.1) is 23.7 Å². The van der Waals surface area contributed by atoms with Crippen molar-refractivity contribution in [3.63, 3.8) is 0 Å². The van der Waals surface area contributed by atoms with Gasteiger partial charge in [0.2, 0.25) is 0 Å². The SMILES string of the molecule is CC(Cc1ccc(Br)cc1)NC(=O)c1csc(CN)n1.Cl. The minimum absolute atomic E-state index is 0. The average Bonchev–Trinajstić information content (AvgIpc) is 2.90. The number of benzene rings is 1. The van der Waals surface area contributed by atoms with Crippen LogP contribution in [0, 0.1) is 0 Å². The summed E-state index contributed by atoms with van der Waals surface area (Å²) in [7, 11) is 0. The first kappa shape index (κ1) is 18.1. The lowest BCUT2D eigenvalue weighted by atomic mass is 10.1. The summed E-state index contributed by atoms with van der Waals surface area (Å²) in [4.78, 5) is 16.2. The summed E-state index contributed by atoms with van der Waals surface area (Å²) in [5.41, 5.74) is 7.12. The fraction of sp³-hybridized carbons (Fsp3) is 0.286. The summed E-state index contributed by atoms with van der Waals surface area (Å²) in [6.07, 6.45) is 0.785. The Morgan fingerprint density at radius 1 is 1.43 bits per heavy atom. The van der Waals surface area contributed by atoms with Crippen molar-refractivity contribution in [3.05, 3.63) is 50.4 Å². The highest BCUT2D eigenvalue weighted by Crippen LogP contribution is 2.12. The van der Waals surface area contributed by atoms with Gasteiger partial charge in [-0.3, -0.25) is 4.79 Å². The second-order valence-corrected chi connectivity index (χ2v) is 6.39. The van der Waals surface area contributed by atoms with Crippen LogP contribution in [0.1, 0.15) is 28.0 Å². The van der Waals surface area contributed by atoms with E-state index < -0.39 is 0 Å². The third-order valence-corrected chi connectivity index (χ3v) is 4.19. The maximum atomic E-state index is 12.0. The van der Waals surface area contributed by atoms with Crippen LogP contribution in [0.4, 0.5) is 0 Å². The van der Waals surface area contributed by atoms with Crippen molar-refractivity contribution in [2.24, 2.45) is 5.73 Å². The minimum atomic E-state index is -0.148. The van der Waals surface area contributed by atoms with E-state index >= 15 is 0 Å². The van der Waals surface area contributed by atoms with Gasteiger partial charge in [-0.2, -0.15) is 0 Å². The molecular weight excluding hydrogens is 374 g/mol. The van der Waals surface area contributed by atoms with Crippen LogP contribution < -0.4 is 11.1 Å². The van der Waals surface area contributed by atoms with Crippen molar-refractivity contribution >= 4 is 45.6 Å². The first-order chi connectivity index (χ1) is 9.58. The summed E-state index contributed by atoms with van der Waals surface area (Å²) in [6, 6.07) is 8.13. The van der Waals surface area contributed by atoms with E-state index in [-0.39, 0.29) is 24.4 Å². The van der Waals surface area contributed by atoms with Crippen LogP contribution in [0.2, 0.25) is 0 Å². The van der Waals surface area contributed by atoms with E-state index in [0.29, 0.717) is 12.2 Å². The third kappa shape index (κ3) is 5.39. The average molecular weight is 391 g/mol. The van der Waals surface area contributed by atoms with Crippen LogP contribution in [-0.4, -0.2) is 16.9 Å². The Balaban J connectivity index is 0.00000220. The molecule has 2 aromatic rings. The number of hydrogen-bond acceptors (Lipinski definition) is 4. The number of rotatable bonds is 5. The molecule has 3 N–H and O–H groups in total. The standard InChI is InChI=1S/C14H16BrN3OS.ClH/c1-9(6-10-2-4-11(15)5-3-10)17-14(19)12-8-20-13(7-16)18-12;/h2-5,8-9H,6-7,16H2,1H3,(H,17,19);1H. The highest BCUT2D eigenvalue weighted by Gasteiger charge is 2.13. The Morgan fingerprint density at radius 2 is 2.10 bits per heavy atom. The molecular formula is C14H17BrClN3OS. The van der Waals surface area contributed by atoms with E-state index in [9.17, 15) is 4.79 Å². The van der Waals surface area contributed by atoms with Crippen molar-refractivity contribution in [2.45, 2.75) is 25.9 Å². The van der Waals surface area contributed by atoms with Gasteiger partial charge in [-0.05, 0) is 31.0 Å². The van der Waals surface area contributed by atoms with Gasteiger partial charge in [-0.1, -0.05) is 28.1 Å². The molecule has 0 radical (unpaired) electrons. The zero-order valence-electron chi connectivity index (χ0n) is 11.5. The van der Waals surface area contributed by atoms with Crippen molar-refractivity contribution in [1.29, 1.82) is 0 Å². The summed E-state index contributed by atoms with van der Waals surface area (Å²) in [5.74, 6) is -0.148. The molecule has 0 spiro atoms. The third-order valence-electron chi connectivity index (χ3n) is 2.79. The van der Waals surface area contributed by atoms with Gasteiger partial charge in [0.15, 0.2) is 0 Å². The van der Waals surface area contributed by atoms with Crippen molar-refractivity contribution in [3.8, 4) is 0 Å². The molecule has 1 aromatic heterocycles. The molecule has 1 unspecified atom stereocenters. The second kappa shape index (κ2) is 8.48.